The van der Waals surface area contributed by atoms with E-state index in [4.69, 9.17) is 9.47 Å². The van der Waals surface area contributed by atoms with Crippen LogP contribution in [-0.2, 0) is 9.53 Å². The number of carboxylic acids is 1. The SMILES string of the molecule is C=CC1=C(C(=O)O)C(c2ccc(OC)cc2)OC1. The molecule has 0 fully saturated rings. The van der Waals surface area contributed by atoms with Gasteiger partial charge >= 0.3 is 5.97 Å². The Morgan fingerprint density at radius 2 is 2.17 bits per heavy atom. The Hall–Kier alpha value is -2.07. The highest BCUT2D eigenvalue weighted by Crippen LogP contribution is 2.35. The van der Waals surface area contributed by atoms with Crippen LogP contribution in [0.4, 0.5) is 0 Å². The predicted molar refractivity (Wildman–Crippen MR) is 66.5 cm³/mol. The molecule has 18 heavy (non-hydrogen) atoms. The molecule has 0 aliphatic carbocycles. The third-order valence-electron chi connectivity index (χ3n) is 2.91. The molecule has 1 unspecified atom stereocenters. The van der Waals surface area contributed by atoms with Crippen molar-refractivity contribution in [1.29, 1.82) is 0 Å². The van der Waals surface area contributed by atoms with Crippen molar-refractivity contribution in [1.82, 2.24) is 0 Å². The van der Waals surface area contributed by atoms with E-state index in [1.165, 1.54) is 6.08 Å². The molecular weight excluding hydrogens is 232 g/mol. The summed E-state index contributed by atoms with van der Waals surface area (Å²) >= 11 is 0. The number of carboxylic acid groups (broad SMARTS) is 1. The maximum Gasteiger partial charge on any atom is 0.334 e. The van der Waals surface area contributed by atoms with Gasteiger partial charge in [0, 0.05) is 0 Å². The van der Waals surface area contributed by atoms with Gasteiger partial charge in [-0.15, -0.1) is 0 Å². The van der Waals surface area contributed by atoms with Gasteiger partial charge in [-0.25, -0.2) is 4.79 Å². The first-order valence-electron chi connectivity index (χ1n) is 5.51. The fourth-order valence-corrected chi connectivity index (χ4v) is 1.96. The Morgan fingerprint density at radius 1 is 1.50 bits per heavy atom. The third kappa shape index (κ3) is 2.15. The lowest BCUT2D eigenvalue weighted by Gasteiger charge is -2.12. The second-order valence-corrected chi connectivity index (χ2v) is 3.91. The Bertz CT molecular complexity index is 499. The van der Waals surface area contributed by atoms with E-state index in [1.807, 2.05) is 0 Å². The van der Waals surface area contributed by atoms with Crippen molar-refractivity contribution < 1.29 is 19.4 Å². The molecule has 0 saturated heterocycles. The molecule has 1 heterocycles. The van der Waals surface area contributed by atoms with E-state index in [0.29, 0.717) is 5.57 Å². The van der Waals surface area contributed by atoms with Crippen molar-refractivity contribution in [2.75, 3.05) is 13.7 Å². The molecule has 2 rings (SSSR count). The molecule has 1 aliphatic rings. The molecule has 1 aliphatic heterocycles. The van der Waals surface area contributed by atoms with Crippen LogP contribution < -0.4 is 4.74 Å². The Kier molecular flexibility index (Phi) is 3.48. The summed E-state index contributed by atoms with van der Waals surface area (Å²) in [6.45, 7) is 3.89. The second kappa shape index (κ2) is 5.06. The van der Waals surface area contributed by atoms with Crippen molar-refractivity contribution in [3.63, 3.8) is 0 Å². The van der Waals surface area contributed by atoms with Crippen LogP contribution >= 0.6 is 0 Å². The largest absolute Gasteiger partial charge is 0.497 e. The predicted octanol–water partition coefficient (Wildman–Crippen LogP) is 2.33. The first-order valence-corrected chi connectivity index (χ1v) is 5.51. The molecule has 1 atom stereocenters. The smallest absolute Gasteiger partial charge is 0.334 e. The number of hydrogen-bond acceptors (Lipinski definition) is 3. The highest BCUT2D eigenvalue weighted by molar-refractivity contribution is 5.90. The van der Waals surface area contributed by atoms with Crippen molar-refractivity contribution in [2.24, 2.45) is 0 Å². The minimum Gasteiger partial charge on any atom is -0.497 e. The van der Waals surface area contributed by atoms with Crippen LogP contribution in [0, 0.1) is 0 Å². The van der Waals surface area contributed by atoms with E-state index in [2.05, 4.69) is 6.58 Å². The topological polar surface area (TPSA) is 55.8 Å². The van der Waals surface area contributed by atoms with Gasteiger partial charge in [-0.3, -0.25) is 0 Å². The average molecular weight is 246 g/mol. The monoisotopic (exact) mass is 246 g/mol. The Balaban J connectivity index is 2.35. The molecule has 1 N–H and O–H groups in total. The highest BCUT2D eigenvalue weighted by Gasteiger charge is 2.31. The van der Waals surface area contributed by atoms with Crippen LogP contribution in [-0.4, -0.2) is 24.8 Å². The molecule has 94 valence electrons. The van der Waals surface area contributed by atoms with Gasteiger partial charge in [0.2, 0.25) is 0 Å². The van der Waals surface area contributed by atoms with E-state index in [9.17, 15) is 9.90 Å². The van der Waals surface area contributed by atoms with Crippen molar-refractivity contribution in [3.05, 3.63) is 53.6 Å². The number of carbonyl (C=O) groups is 1. The van der Waals surface area contributed by atoms with Crippen LogP contribution in [0.5, 0.6) is 5.75 Å². The summed E-state index contributed by atoms with van der Waals surface area (Å²) in [4.78, 5) is 11.3. The normalized spacial score (nSPS) is 18.8. The van der Waals surface area contributed by atoms with Crippen molar-refractivity contribution >= 4 is 5.97 Å². The fraction of sp³-hybridized carbons (Fsp3) is 0.214. The van der Waals surface area contributed by atoms with E-state index in [0.717, 1.165) is 11.3 Å². The van der Waals surface area contributed by atoms with E-state index in [1.54, 1.807) is 31.4 Å². The quantitative estimate of drug-likeness (QED) is 0.885. The van der Waals surface area contributed by atoms with Gasteiger partial charge in [0.25, 0.3) is 0 Å². The molecule has 0 bridgehead atoms. The Labute approximate surface area is 105 Å². The van der Waals surface area contributed by atoms with Crippen LogP contribution in [0.2, 0.25) is 0 Å². The van der Waals surface area contributed by atoms with E-state index < -0.39 is 12.1 Å². The van der Waals surface area contributed by atoms with E-state index in [-0.39, 0.29) is 12.2 Å². The summed E-state index contributed by atoms with van der Waals surface area (Å²) in [6, 6.07) is 7.17. The van der Waals surface area contributed by atoms with Crippen LogP contribution in [0.25, 0.3) is 0 Å². The van der Waals surface area contributed by atoms with Gasteiger partial charge < -0.3 is 14.6 Å². The lowest BCUT2D eigenvalue weighted by molar-refractivity contribution is -0.133. The highest BCUT2D eigenvalue weighted by atomic mass is 16.5. The van der Waals surface area contributed by atoms with Gasteiger partial charge in [0.1, 0.15) is 11.9 Å². The number of methoxy groups -OCH3 is 1. The average Bonchev–Trinajstić information content (AvgIpc) is 2.82. The summed E-state index contributed by atoms with van der Waals surface area (Å²) in [7, 11) is 1.58. The van der Waals surface area contributed by atoms with Crippen LogP contribution in [0.3, 0.4) is 0 Å². The van der Waals surface area contributed by atoms with Gasteiger partial charge in [-0.2, -0.15) is 0 Å². The Morgan fingerprint density at radius 3 is 2.67 bits per heavy atom. The standard InChI is InChI=1S/C14H14O4/c1-3-9-8-18-13(12(9)14(15)16)10-4-6-11(17-2)7-5-10/h3-7,13H,1,8H2,2H3,(H,15,16). The minimum atomic E-state index is -0.969. The van der Waals surface area contributed by atoms with Crippen molar-refractivity contribution in [2.45, 2.75) is 6.10 Å². The molecule has 1 aromatic rings. The zero-order valence-corrected chi connectivity index (χ0v) is 10.1. The zero-order chi connectivity index (χ0) is 13.1. The summed E-state index contributed by atoms with van der Waals surface area (Å²) in [5, 5.41) is 9.24. The number of hydrogen-bond donors (Lipinski definition) is 1. The first-order chi connectivity index (χ1) is 8.67. The molecule has 4 nitrogen and oxygen atoms in total. The van der Waals surface area contributed by atoms with Gasteiger partial charge in [-0.05, 0) is 23.3 Å². The number of benzene rings is 1. The molecule has 4 heteroatoms. The molecule has 1 aromatic carbocycles. The maximum atomic E-state index is 11.3. The second-order valence-electron chi connectivity index (χ2n) is 3.91. The number of rotatable bonds is 4. The van der Waals surface area contributed by atoms with Crippen LogP contribution in [0.15, 0.2) is 48.1 Å². The molecular formula is C14H14O4. The van der Waals surface area contributed by atoms with Crippen molar-refractivity contribution in [3.8, 4) is 5.75 Å². The lowest BCUT2D eigenvalue weighted by atomic mass is 9.99. The zero-order valence-electron chi connectivity index (χ0n) is 10.1. The van der Waals surface area contributed by atoms with Crippen LogP contribution in [0.1, 0.15) is 11.7 Å². The molecule has 0 radical (unpaired) electrons. The maximum absolute atomic E-state index is 11.3. The molecule has 0 amide bonds. The summed E-state index contributed by atoms with van der Waals surface area (Å²) in [5.74, 6) is -0.246. The van der Waals surface area contributed by atoms with Gasteiger partial charge in [-0.1, -0.05) is 24.8 Å². The van der Waals surface area contributed by atoms with Gasteiger partial charge in [0.15, 0.2) is 0 Å². The molecule has 0 saturated carbocycles. The summed E-state index contributed by atoms with van der Waals surface area (Å²) in [6.07, 6.45) is 0.994. The third-order valence-corrected chi connectivity index (χ3v) is 2.91. The van der Waals surface area contributed by atoms with Gasteiger partial charge in [0.05, 0.1) is 19.3 Å². The molecule has 0 aromatic heterocycles. The molecule has 0 spiro atoms. The summed E-state index contributed by atoms with van der Waals surface area (Å²) < 4.78 is 10.6. The minimum absolute atomic E-state index is 0.259. The van der Waals surface area contributed by atoms with E-state index >= 15 is 0 Å². The fourth-order valence-electron chi connectivity index (χ4n) is 1.96. The first kappa shape index (κ1) is 12.4. The number of ether oxygens (including phenoxy) is 2. The number of aliphatic carboxylic acids is 1. The lowest BCUT2D eigenvalue weighted by Crippen LogP contribution is -2.09. The summed E-state index contributed by atoms with van der Waals surface area (Å²) in [5.41, 5.74) is 1.68.